The number of cyclic esters (lactones) is 2. The molecule has 1 saturated heterocycles. The number of amides is 1. The molecule has 1 fully saturated rings. The summed E-state index contributed by atoms with van der Waals surface area (Å²) in [6.07, 6.45) is -0.644. The fraction of sp³-hybridized carbons (Fsp3) is 0.531. The zero-order valence-electron chi connectivity index (χ0n) is 27.0. The molecular weight excluding hydrogens is 600 g/mol. The molecule has 2 aromatic rings. The van der Waals surface area contributed by atoms with Crippen molar-refractivity contribution in [1.29, 1.82) is 0 Å². The van der Waals surface area contributed by atoms with E-state index in [1.54, 1.807) is 13.8 Å². The van der Waals surface area contributed by atoms with Gasteiger partial charge >= 0.3 is 17.9 Å². The number of aromatic nitrogens is 1. The summed E-state index contributed by atoms with van der Waals surface area (Å²) in [5.41, 5.74) is 0.634. The lowest BCUT2D eigenvalue weighted by Gasteiger charge is -2.29. The minimum Gasteiger partial charge on any atom is -0.493 e. The summed E-state index contributed by atoms with van der Waals surface area (Å²) in [6, 6.07) is 10.2. The van der Waals surface area contributed by atoms with Crippen LogP contribution in [0.5, 0.6) is 11.5 Å². The first-order valence-corrected chi connectivity index (χ1v) is 18.7. The van der Waals surface area contributed by atoms with Gasteiger partial charge in [0, 0.05) is 26.9 Å². The summed E-state index contributed by atoms with van der Waals surface area (Å²) in [4.78, 5) is 57.0. The molecule has 246 valence electrons. The quantitative estimate of drug-likeness (QED) is 0.112. The maximum absolute atomic E-state index is 13.5. The number of benzene rings is 1. The average Bonchev–Trinajstić information content (AvgIpc) is 3.02. The van der Waals surface area contributed by atoms with Crippen molar-refractivity contribution in [2.45, 2.75) is 71.1 Å². The fourth-order valence-electron chi connectivity index (χ4n) is 4.41. The van der Waals surface area contributed by atoms with Crippen LogP contribution in [0.3, 0.4) is 0 Å². The lowest BCUT2D eigenvalue weighted by Crippen LogP contribution is -2.47. The van der Waals surface area contributed by atoms with Crippen LogP contribution in [0, 0.1) is 11.8 Å². The van der Waals surface area contributed by atoms with Crippen molar-refractivity contribution in [2.75, 3.05) is 27.1 Å². The molecule has 1 aliphatic rings. The van der Waals surface area contributed by atoms with E-state index in [0.717, 1.165) is 11.6 Å². The molecule has 0 radical (unpaired) electrons. The number of nitrogens with zero attached hydrogens (tertiary/aromatic N) is 1. The third kappa shape index (κ3) is 10.6. The number of hydrogen-bond acceptors (Lipinski definition) is 11. The summed E-state index contributed by atoms with van der Waals surface area (Å²) >= 11 is 0. The lowest BCUT2D eigenvalue weighted by atomic mass is 9.91. The Morgan fingerprint density at radius 1 is 1.09 bits per heavy atom. The third-order valence-electron chi connectivity index (χ3n) is 7.05. The largest absolute Gasteiger partial charge is 0.493 e. The predicted octanol–water partition coefficient (Wildman–Crippen LogP) is 3.79. The van der Waals surface area contributed by atoms with Crippen molar-refractivity contribution in [3.8, 4) is 11.5 Å². The molecule has 12 nitrogen and oxygen atoms in total. The molecule has 1 amide bonds. The number of nitrogens with one attached hydrogen (secondary N) is 1. The van der Waals surface area contributed by atoms with Crippen LogP contribution in [0.25, 0.3) is 0 Å². The summed E-state index contributed by atoms with van der Waals surface area (Å²) in [7, 11) is 0.104. The number of carbonyl (C=O) groups is 4. The standard InChI is InChI=1S/C32H44N2O10Si/c1-20(2)30(36)44-27-21(3)43-32(38)24(18-41-31(37)23(27)17-22-11-9-8-10-12-22)34-29(35)26-28(25(39-4)13-14-33-26)42-19-40-15-16-45(5,6)7/h8-14,20-21,23-24,27H,15-19H2,1-7H3,(H,34,35)/t21-,23+,24-,27-/m0/s1. The number of ether oxygens (including phenoxy) is 6. The van der Waals surface area contributed by atoms with Gasteiger partial charge in [0.05, 0.1) is 13.0 Å². The highest BCUT2D eigenvalue weighted by atomic mass is 28.3. The van der Waals surface area contributed by atoms with E-state index >= 15 is 0 Å². The van der Waals surface area contributed by atoms with Gasteiger partial charge in [0.1, 0.15) is 18.6 Å². The summed E-state index contributed by atoms with van der Waals surface area (Å²) in [5, 5.41) is 2.54. The fourth-order valence-corrected chi connectivity index (χ4v) is 5.16. The van der Waals surface area contributed by atoms with Gasteiger partial charge in [-0.3, -0.25) is 14.4 Å². The minimum absolute atomic E-state index is 0.0240. The zero-order chi connectivity index (χ0) is 33.1. The molecular formula is C32H44N2O10Si. The number of hydrogen-bond donors (Lipinski definition) is 1. The van der Waals surface area contributed by atoms with Crippen LogP contribution < -0.4 is 14.8 Å². The highest BCUT2D eigenvalue weighted by Gasteiger charge is 2.42. The number of carbonyl (C=O) groups excluding carboxylic acids is 4. The Kier molecular flexibility index (Phi) is 12.9. The average molecular weight is 645 g/mol. The van der Waals surface area contributed by atoms with Crippen LogP contribution in [0.4, 0.5) is 0 Å². The van der Waals surface area contributed by atoms with E-state index in [1.807, 2.05) is 30.3 Å². The minimum atomic E-state index is -1.39. The summed E-state index contributed by atoms with van der Waals surface area (Å²) < 4.78 is 33.6. The monoisotopic (exact) mass is 644 g/mol. The van der Waals surface area contributed by atoms with Crippen molar-refractivity contribution in [3.05, 3.63) is 53.9 Å². The van der Waals surface area contributed by atoms with Crippen molar-refractivity contribution in [1.82, 2.24) is 10.3 Å². The Morgan fingerprint density at radius 2 is 1.80 bits per heavy atom. The van der Waals surface area contributed by atoms with Gasteiger partial charge in [0.25, 0.3) is 5.91 Å². The smallest absolute Gasteiger partial charge is 0.332 e. The molecule has 1 aromatic carbocycles. The normalized spacial score (nSPS) is 20.6. The van der Waals surface area contributed by atoms with Crippen molar-refractivity contribution >= 4 is 31.9 Å². The van der Waals surface area contributed by atoms with E-state index in [2.05, 4.69) is 29.9 Å². The van der Waals surface area contributed by atoms with Gasteiger partial charge in [-0.2, -0.15) is 0 Å². The lowest BCUT2D eigenvalue weighted by molar-refractivity contribution is -0.176. The number of pyridine rings is 1. The topological polar surface area (TPSA) is 149 Å². The molecule has 1 aromatic heterocycles. The van der Waals surface area contributed by atoms with E-state index in [-0.39, 0.29) is 30.4 Å². The molecule has 45 heavy (non-hydrogen) atoms. The second-order valence-electron chi connectivity index (χ2n) is 12.3. The van der Waals surface area contributed by atoms with Crippen LogP contribution in [0.2, 0.25) is 25.7 Å². The van der Waals surface area contributed by atoms with Crippen LogP contribution >= 0.6 is 0 Å². The molecule has 1 aliphatic heterocycles. The van der Waals surface area contributed by atoms with E-state index in [1.165, 1.54) is 26.3 Å². The SMILES string of the molecule is COc1ccnc(C(=O)N[C@H]2COC(=O)[C@H](Cc3ccccc3)[C@@H](OC(=O)C(C)C)[C@H](C)OC2=O)c1OCOCC[Si](C)(C)C. The Balaban J connectivity index is 1.81. The molecule has 0 aliphatic carbocycles. The van der Waals surface area contributed by atoms with Crippen LogP contribution in [-0.2, 0) is 39.8 Å². The Labute approximate surface area is 265 Å². The highest BCUT2D eigenvalue weighted by Crippen LogP contribution is 2.30. The summed E-state index contributed by atoms with van der Waals surface area (Å²) in [6.45, 7) is 11.4. The Hall–Kier alpha value is -3.97. The molecule has 1 N–H and O–H groups in total. The van der Waals surface area contributed by atoms with Gasteiger partial charge in [0.15, 0.2) is 36.1 Å². The van der Waals surface area contributed by atoms with Gasteiger partial charge in [-0.25, -0.2) is 9.78 Å². The zero-order valence-corrected chi connectivity index (χ0v) is 28.0. The summed E-state index contributed by atoms with van der Waals surface area (Å²) in [5.74, 6) is -4.14. The first-order chi connectivity index (χ1) is 21.3. The Bertz CT molecular complexity index is 1310. The number of esters is 3. The van der Waals surface area contributed by atoms with Crippen LogP contribution in [-0.4, -0.2) is 82.2 Å². The molecule has 0 bridgehead atoms. The molecule has 0 saturated carbocycles. The predicted molar refractivity (Wildman–Crippen MR) is 167 cm³/mol. The van der Waals surface area contributed by atoms with E-state index < -0.39 is 68.6 Å². The second kappa shape index (κ2) is 16.4. The van der Waals surface area contributed by atoms with Crippen molar-refractivity contribution in [2.24, 2.45) is 11.8 Å². The van der Waals surface area contributed by atoms with Gasteiger partial charge in [-0.05, 0) is 25.0 Å². The van der Waals surface area contributed by atoms with Crippen LogP contribution in [0.1, 0.15) is 36.8 Å². The molecule has 3 rings (SSSR count). The second-order valence-corrected chi connectivity index (χ2v) is 17.9. The third-order valence-corrected chi connectivity index (χ3v) is 8.76. The molecule has 0 unspecified atom stereocenters. The van der Waals surface area contributed by atoms with Crippen molar-refractivity contribution < 1.29 is 47.6 Å². The van der Waals surface area contributed by atoms with Gasteiger partial charge in [-0.15, -0.1) is 0 Å². The van der Waals surface area contributed by atoms with E-state index in [0.29, 0.717) is 6.61 Å². The first-order valence-electron chi connectivity index (χ1n) is 15.0. The molecule has 13 heteroatoms. The van der Waals surface area contributed by atoms with Crippen molar-refractivity contribution in [3.63, 3.8) is 0 Å². The highest BCUT2D eigenvalue weighted by molar-refractivity contribution is 6.76. The molecule has 4 atom stereocenters. The van der Waals surface area contributed by atoms with Gasteiger partial charge in [-0.1, -0.05) is 63.8 Å². The van der Waals surface area contributed by atoms with E-state index in [4.69, 9.17) is 28.4 Å². The maximum atomic E-state index is 13.5. The first kappa shape index (κ1) is 35.5. The van der Waals surface area contributed by atoms with E-state index in [9.17, 15) is 19.2 Å². The van der Waals surface area contributed by atoms with Gasteiger partial charge in [0.2, 0.25) is 0 Å². The maximum Gasteiger partial charge on any atom is 0.332 e. The molecule has 0 spiro atoms. The number of rotatable bonds is 13. The number of methoxy groups -OCH3 is 1. The molecule has 2 heterocycles. The van der Waals surface area contributed by atoms with Gasteiger partial charge < -0.3 is 33.7 Å². The van der Waals surface area contributed by atoms with Crippen LogP contribution in [0.15, 0.2) is 42.6 Å². The Morgan fingerprint density at radius 3 is 2.44 bits per heavy atom.